The summed E-state index contributed by atoms with van der Waals surface area (Å²) in [6.45, 7) is 1.27. The van der Waals surface area contributed by atoms with Crippen molar-refractivity contribution in [3.8, 4) is 11.3 Å². The second-order valence-corrected chi connectivity index (χ2v) is 7.48. The third kappa shape index (κ3) is 5.21. The maximum atomic E-state index is 12.8. The Bertz CT molecular complexity index is 944. The molecule has 1 amide bonds. The fourth-order valence-electron chi connectivity index (χ4n) is 3.72. The summed E-state index contributed by atoms with van der Waals surface area (Å²) in [5.41, 5.74) is 3.76. The monoisotopic (exact) mass is 428 g/mol. The van der Waals surface area contributed by atoms with Gasteiger partial charge in [-0.2, -0.15) is 0 Å². The highest BCUT2D eigenvalue weighted by Gasteiger charge is 2.40. The van der Waals surface area contributed by atoms with Crippen molar-refractivity contribution in [2.24, 2.45) is 0 Å². The van der Waals surface area contributed by atoms with Crippen LogP contribution in [0.3, 0.4) is 0 Å². The quantitative estimate of drug-likeness (QED) is 0.693. The molecule has 3 heterocycles. The molecule has 0 unspecified atom stereocenters. The fraction of sp³-hybridized carbons (Fsp3) is 0.429. The van der Waals surface area contributed by atoms with Gasteiger partial charge < -0.3 is 19.8 Å². The minimum absolute atomic E-state index is 0.164. The van der Waals surface area contributed by atoms with Crippen molar-refractivity contribution in [2.75, 3.05) is 13.7 Å². The third-order valence-corrected chi connectivity index (χ3v) is 5.66. The van der Waals surface area contributed by atoms with Crippen molar-refractivity contribution in [2.45, 2.75) is 44.2 Å². The van der Waals surface area contributed by atoms with Gasteiger partial charge >= 0.3 is 11.9 Å². The van der Waals surface area contributed by atoms with E-state index in [4.69, 9.17) is 24.5 Å². The molecule has 1 fully saturated rings. The summed E-state index contributed by atoms with van der Waals surface area (Å²) in [4.78, 5) is 45.9. The van der Waals surface area contributed by atoms with Gasteiger partial charge in [-0.15, -0.1) is 0 Å². The molecule has 0 atom stereocenters. The molecule has 10 nitrogen and oxygen atoms in total. The second-order valence-electron chi connectivity index (χ2n) is 7.48. The van der Waals surface area contributed by atoms with Gasteiger partial charge in [-0.05, 0) is 31.4 Å². The number of hydrogen-bond donors (Lipinski definition) is 2. The molecule has 0 saturated heterocycles. The van der Waals surface area contributed by atoms with Crippen LogP contribution in [0.2, 0.25) is 0 Å². The van der Waals surface area contributed by atoms with Crippen molar-refractivity contribution < 1.29 is 29.3 Å². The largest absolute Gasteiger partial charge is 0.473 e. The van der Waals surface area contributed by atoms with Crippen LogP contribution in [0.15, 0.2) is 30.9 Å². The number of pyridine rings is 1. The van der Waals surface area contributed by atoms with Crippen molar-refractivity contribution in [1.29, 1.82) is 0 Å². The zero-order chi connectivity index (χ0) is 22.4. The van der Waals surface area contributed by atoms with Crippen LogP contribution in [0.25, 0.3) is 11.3 Å². The standard InChI is InChI=1S/C19H22N4O2.C2H2O4/c1-25-19(6-2-7-19)11-17(24)23-10-5-16-15(12-23)18(22-13-21-16)14-3-8-20-9-4-14;3-1(4)2(5)6/h3-4,8-9,13H,2,5-7,10-12H2,1H3;(H,3,4)(H,5,6). The van der Waals surface area contributed by atoms with Gasteiger partial charge in [-0.3, -0.25) is 9.78 Å². The number of carboxylic acid groups (broad SMARTS) is 2. The first kappa shape index (κ1) is 22.3. The minimum atomic E-state index is -1.82. The summed E-state index contributed by atoms with van der Waals surface area (Å²) in [5, 5.41) is 14.8. The van der Waals surface area contributed by atoms with Gasteiger partial charge in [0.25, 0.3) is 0 Å². The van der Waals surface area contributed by atoms with E-state index in [1.807, 2.05) is 17.0 Å². The number of amides is 1. The molecule has 164 valence electrons. The molecular formula is C21H24N4O6. The fourth-order valence-corrected chi connectivity index (χ4v) is 3.72. The number of carbonyl (C=O) groups excluding carboxylic acids is 1. The van der Waals surface area contributed by atoms with Crippen LogP contribution in [-0.2, 0) is 32.1 Å². The van der Waals surface area contributed by atoms with Crippen LogP contribution in [0.5, 0.6) is 0 Å². The van der Waals surface area contributed by atoms with E-state index in [2.05, 4.69) is 15.0 Å². The molecule has 2 N–H and O–H groups in total. The van der Waals surface area contributed by atoms with E-state index in [1.165, 1.54) is 0 Å². The van der Waals surface area contributed by atoms with E-state index in [-0.39, 0.29) is 11.5 Å². The van der Waals surface area contributed by atoms with Crippen molar-refractivity contribution in [3.05, 3.63) is 42.1 Å². The van der Waals surface area contributed by atoms with Crippen LogP contribution in [0.1, 0.15) is 36.9 Å². The van der Waals surface area contributed by atoms with Crippen LogP contribution >= 0.6 is 0 Å². The zero-order valence-electron chi connectivity index (χ0n) is 17.2. The lowest BCUT2D eigenvalue weighted by Gasteiger charge is -2.41. The summed E-state index contributed by atoms with van der Waals surface area (Å²) in [6.07, 6.45) is 9.46. The Morgan fingerprint density at radius 2 is 1.81 bits per heavy atom. The smallest absolute Gasteiger partial charge is 0.414 e. The van der Waals surface area contributed by atoms with E-state index < -0.39 is 11.9 Å². The van der Waals surface area contributed by atoms with Gasteiger partial charge in [0.05, 0.1) is 23.4 Å². The predicted molar refractivity (Wildman–Crippen MR) is 108 cm³/mol. The first-order chi connectivity index (χ1) is 14.8. The molecule has 0 bridgehead atoms. The van der Waals surface area contributed by atoms with Gasteiger partial charge in [0.2, 0.25) is 5.91 Å². The molecule has 0 spiro atoms. The number of carbonyl (C=O) groups is 3. The minimum Gasteiger partial charge on any atom is -0.473 e. The SMILES string of the molecule is COC1(CC(=O)N2CCc3ncnc(-c4ccncc4)c3C2)CCC1.O=C(O)C(=O)O. The zero-order valence-corrected chi connectivity index (χ0v) is 17.2. The Kier molecular flexibility index (Phi) is 6.91. The second kappa shape index (κ2) is 9.61. The normalized spacial score (nSPS) is 16.2. The lowest BCUT2D eigenvalue weighted by atomic mass is 9.77. The lowest BCUT2D eigenvalue weighted by Crippen LogP contribution is -2.46. The predicted octanol–water partition coefficient (Wildman–Crippen LogP) is 1.54. The van der Waals surface area contributed by atoms with Gasteiger partial charge in [0, 0.05) is 50.1 Å². The van der Waals surface area contributed by atoms with Crippen LogP contribution in [0.4, 0.5) is 0 Å². The van der Waals surface area contributed by atoms with E-state index in [0.717, 1.165) is 48.2 Å². The molecule has 1 aliphatic carbocycles. The molecule has 2 aromatic heterocycles. The Labute approximate surface area is 178 Å². The molecule has 0 radical (unpaired) electrons. The van der Waals surface area contributed by atoms with Crippen LogP contribution in [0, 0.1) is 0 Å². The number of fused-ring (bicyclic) bond motifs is 1. The van der Waals surface area contributed by atoms with E-state index >= 15 is 0 Å². The third-order valence-electron chi connectivity index (χ3n) is 5.66. The molecule has 10 heteroatoms. The molecule has 31 heavy (non-hydrogen) atoms. The number of ether oxygens (including phenoxy) is 1. The number of methoxy groups -OCH3 is 1. The molecule has 2 aromatic rings. The van der Waals surface area contributed by atoms with Crippen molar-refractivity contribution in [3.63, 3.8) is 0 Å². The van der Waals surface area contributed by atoms with Crippen molar-refractivity contribution >= 4 is 17.8 Å². The molecule has 0 aromatic carbocycles. The number of hydrogen-bond acceptors (Lipinski definition) is 7. The summed E-state index contributed by atoms with van der Waals surface area (Å²) in [7, 11) is 1.72. The van der Waals surface area contributed by atoms with Crippen LogP contribution < -0.4 is 0 Å². The molecule has 1 aliphatic heterocycles. The van der Waals surface area contributed by atoms with E-state index in [1.54, 1.807) is 25.8 Å². The highest BCUT2D eigenvalue weighted by molar-refractivity contribution is 6.27. The molecule has 1 saturated carbocycles. The maximum absolute atomic E-state index is 12.8. The van der Waals surface area contributed by atoms with Crippen molar-refractivity contribution in [1.82, 2.24) is 19.9 Å². The Balaban J connectivity index is 0.000000401. The molecule has 4 rings (SSSR count). The van der Waals surface area contributed by atoms with Gasteiger partial charge in [0.15, 0.2) is 0 Å². The Morgan fingerprint density at radius 1 is 1.13 bits per heavy atom. The van der Waals surface area contributed by atoms with Crippen LogP contribution in [-0.4, -0.2) is 67.2 Å². The van der Waals surface area contributed by atoms with Gasteiger partial charge in [-0.25, -0.2) is 19.6 Å². The average molecular weight is 428 g/mol. The van der Waals surface area contributed by atoms with Gasteiger partial charge in [0.1, 0.15) is 6.33 Å². The number of nitrogens with zero attached hydrogens (tertiary/aromatic N) is 4. The van der Waals surface area contributed by atoms with Gasteiger partial charge in [-0.1, -0.05) is 0 Å². The lowest BCUT2D eigenvalue weighted by molar-refractivity contribution is -0.159. The Hall–Kier alpha value is -3.40. The highest BCUT2D eigenvalue weighted by Crippen LogP contribution is 2.39. The number of rotatable bonds is 4. The summed E-state index contributed by atoms with van der Waals surface area (Å²) in [6, 6.07) is 3.88. The summed E-state index contributed by atoms with van der Waals surface area (Å²) < 4.78 is 5.62. The van der Waals surface area contributed by atoms with E-state index in [0.29, 0.717) is 19.5 Å². The maximum Gasteiger partial charge on any atom is 0.414 e. The van der Waals surface area contributed by atoms with E-state index in [9.17, 15) is 4.79 Å². The number of aliphatic carboxylic acids is 2. The number of aromatic nitrogens is 3. The molecule has 2 aliphatic rings. The highest BCUT2D eigenvalue weighted by atomic mass is 16.5. The summed E-state index contributed by atoms with van der Waals surface area (Å²) in [5.74, 6) is -3.48. The average Bonchev–Trinajstić information content (AvgIpc) is 2.76. The Morgan fingerprint density at radius 3 is 2.35 bits per heavy atom. The summed E-state index contributed by atoms with van der Waals surface area (Å²) >= 11 is 0. The topological polar surface area (TPSA) is 143 Å². The first-order valence-corrected chi connectivity index (χ1v) is 9.87. The number of carboxylic acids is 2. The first-order valence-electron chi connectivity index (χ1n) is 9.87. The molecular weight excluding hydrogens is 404 g/mol.